The fourth-order valence-electron chi connectivity index (χ4n) is 2.13. The lowest BCUT2D eigenvalue weighted by Gasteiger charge is -2.22. The molecule has 0 spiro atoms. The van der Waals surface area contributed by atoms with Crippen LogP contribution in [0.1, 0.15) is 27.7 Å². The summed E-state index contributed by atoms with van der Waals surface area (Å²) in [5.74, 6) is -2.68. The molecule has 1 rings (SSSR count). The first-order valence-corrected chi connectivity index (χ1v) is 7.91. The highest BCUT2D eigenvalue weighted by Crippen LogP contribution is 2.58. The van der Waals surface area contributed by atoms with Crippen molar-refractivity contribution in [3.8, 4) is 0 Å². The first-order valence-electron chi connectivity index (χ1n) is 6.02. The topological polar surface area (TPSA) is 101 Å². The van der Waals surface area contributed by atoms with Gasteiger partial charge in [-0.25, -0.2) is 8.42 Å². The third-order valence-corrected chi connectivity index (χ3v) is 6.22. The molecule has 1 fully saturated rings. The molecule has 2 N–H and O–H groups in total. The zero-order valence-corrected chi connectivity index (χ0v) is 12.7. The molecule has 1 amide bonds. The Morgan fingerprint density at radius 2 is 1.74 bits per heavy atom. The Kier molecular flexibility index (Phi) is 3.75. The summed E-state index contributed by atoms with van der Waals surface area (Å²) in [7, 11) is -3.29. The van der Waals surface area contributed by atoms with Gasteiger partial charge in [-0.2, -0.15) is 0 Å². The predicted octanol–water partition coefficient (Wildman–Crippen LogP) is 0.283. The number of hydrogen-bond donors (Lipinski definition) is 2. The monoisotopic (exact) mass is 291 g/mol. The summed E-state index contributed by atoms with van der Waals surface area (Å²) >= 11 is 0. The van der Waals surface area contributed by atoms with Crippen LogP contribution in [0.3, 0.4) is 0 Å². The SMILES string of the molecule is CC1(C)[C@H](C(=O)O)[C@@H]1C(=O)NCC(C)(C)S(C)(=O)=O. The maximum atomic E-state index is 11.9. The number of sulfone groups is 1. The van der Waals surface area contributed by atoms with E-state index in [9.17, 15) is 18.0 Å². The highest BCUT2D eigenvalue weighted by Gasteiger charge is 2.65. The van der Waals surface area contributed by atoms with Gasteiger partial charge in [0.15, 0.2) is 9.84 Å². The smallest absolute Gasteiger partial charge is 0.307 e. The summed E-state index contributed by atoms with van der Waals surface area (Å²) in [6.45, 7) is 6.46. The molecule has 0 aromatic heterocycles. The van der Waals surface area contributed by atoms with Gasteiger partial charge in [0.25, 0.3) is 0 Å². The standard InChI is InChI=1S/C12H21NO5S/c1-11(2,19(5,17)18)6-13-9(14)7-8(10(15)16)12(7,3)4/h7-8H,6H2,1-5H3,(H,13,14)(H,15,16)/t7-,8+/m1/s1. The third kappa shape index (κ3) is 2.91. The van der Waals surface area contributed by atoms with Crippen LogP contribution in [0, 0.1) is 17.3 Å². The summed E-state index contributed by atoms with van der Waals surface area (Å²) in [4.78, 5) is 22.9. The van der Waals surface area contributed by atoms with Crippen molar-refractivity contribution in [2.24, 2.45) is 17.3 Å². The van der Waals surface area contributed by atoms with Gasteiger partial charge in [0.1, 0.15) is 0 Å². The molecule has 110 valence electrons. The maximum absolute atomic E-state index is 11.9. The molecular formula is C12H21NO5S. The Morgan fingerprint density at radius 1 is 1.26 bits per heavy atom. The van der Waals surface area contributed by atoms with E-state index in [0.29, 0.717) is 0 Å². The minimum Gasteiger partial charge on any atom is -0.481 e. The summed E-state index contributed by atoms with van der Waals surface area (Å²) in [5, 5.41) is 11.5. The van der Waals surface area contributed by atoms with Crippen LogP contribution in [-0.2, 0) is 19.4 Å². The largest absolute Gasteiger partial charge is 0.481 e. The first kappa shape index (κ1) is 15.9. The van der Waals surface area contributed by atoms with Gasteiger partial charge >= 0.3 is 5.97 Å². The number of carbonyl (C=O) groups excluding carboxylic acids is 1. The van der Waals surface area contributed by atoms with E-state index in [2.05, 4.69) is 5.32 Å². The Labute approximate surface area is 113 Å². The van der Waals surface area contributed by atoms with Crippen LogP contribution >= 0.6 is 0 Å². The molecule has 2 atom stereocenters. The highest BCUT2D eigenvalue weighted by atomic mass is 32.2. The average Bonchev–Trinajstić information content (AvgIpc) is 2.76. The van der Waals surface area contributed by atoms with Crippen molar-refractivity contribution in [3.63, 3.8) is 0 Å². The molecule has 0 aromatic carbocycles. The Morgan fingerprint density at radius 3 is 2.05 bits per heavy atom. The summed E-state index contributed by atoms with van der Waals surface area (Å²) < 4.78 is 21.9. The van der Waals surface area contributed by atoms with Crippen molar-refractivity contribution in [1.82, 2.24) is 5.32 Å². The zero-order valence-electron chi connectivity index (χ0n) is 11.9. The number of carboxylic acid groups (broad SMARTS) is 1. The molecule has 1 aliphatic rings. The average molecular weight is 291 g/mol. The van der Waals surface area contributed by atoms with Crippen molar-refractivity contribution in [3.05, 3.63) is 0 Å². The van der Waals surface area contributed by atoms with Gasteiger partial charge in [-0.1, -0.05) is 13.8 Å². The van der Waals surface area contributed by atoms with E-state index < -0.39 is 43.7 Å². The minimum absolute atomic E-state index is 0.0242. The van der Waals surface area contributed by atoms with Gasteiger partial charge in [-0.05, 0) is 19.3 Å². The van der Waals surface area contributed by atoms with E-state index in [1.807, 2.05) is 0 Å². The lowest BCUT2D eigenvalue weighted by Crippen LogP contribution is -2.44. The Hall–Kier alpha value is -1.11. The molecule has 1 aliphatic carbocycles. The first-order chi connectivity index (χ1) is 8.32. The van der Waals surface area contributed by atoms with Gasteiger partial charge in [0.05, 0.1) is 16.6 Å². The van der Waals surface area contributed by atoms with Crippen molar-refractivity contribution in [1.29, 1.82) is 0 Å². The normalized spacial score (nSPS) is 25.7. The Bertz CT molecular complexity index is 506. The van der Waals surface area contributed by atoms with E-state index in [-0.39, 0.29) is 6.54 Å². The molecule has 0 radical (unpaired) electrons. The van der Waals surface area contributed by atoms with Crippen LogP contribution < -0.4 is 5.32 Å². The molecule has 19 heavy (non-hydrogen) atoms. The lowest BCUT2D eigenvalue weighted by atomic mass is 10.1. The summed E-state index contributed by atoms with van der Waals surface area (Å²) in [6, 6.07) is 0. The molecule has 0 bridgehead atoms. The number of amides is 1. The van der Waals surface area contributed by atoms with Crippen LogP contribution in [0.15, 0.2) is 0 Å². The third-order valence-electron chi connectivity index (χ3n) is 4.07. The molecule has 7 heteroatoms. The van der Waals surface area contributed by atoms with Crippen LogP contribution in [0.4, 0.5) is 0 Å². The lowest BCUT2D eigenvalue weighted by molar-refractivity contribution is -0.140. The van der Waals surface area contributed by atoms with E-state index >= 15 is 0 Å². The molecule has 0 saturated heterocycles. The zero-order chi connectivity index (χ0) is 15.2. The summed E-state index contributed by atoms with van der Waals surface area (Å²) in [5.41, 5.74) is -0.578. The molecule has 0 unspecified atom stereocenters. The van der Waals surface area contributed by atoms with Gasteiger partial charge in [0, 0.05) is 12.8 Å². The number of aliphatic carboxylic acids is 1. The number of nitrogens with one attached hydrogen (secondary N) is 1. The molecule has 6 nitrogen and oxygen atoms in total. The fraction of sp³-hybridized carbons (Fsp3) is 0.833. The number of carbonyl (C=O) groups is 2. The van der Waals surface area contributed by atoms with Crippen LogP contribution in [0.25, 0.3) is 0 Å². The van der Waals surface area contributed by atoms with E-state index in [4.69, 9.17) is 5.11 Å². The quantitative estimate of drug-likeness (QED) is 0.758. The Balaban J connectivity index is 2.67. The van der Waals surface area contributed by atoms with Gasteiger partial charge in [0.2, 0.25) is 5.91 Å². The van der Waals surface area contributed by atoms with Gasteiger partial charge in [-0.15, -0.1) is 0 Å². The van der Waals surface area contributed by atoms with E-state index in [1.54, 1.807) is 13.8 Å². The van der Waals surface area contributed by atoms with Crippen molar-refractivity contribution < 1.29 is 23.1 Å². The summed E-state index contributed by atoms with van der Waals surface area (Å²) in [6.07, 6.45) is 1.11. The second kappa shape index (κ2) is 4.47. The highest BCUT2D eigenvalue weighted by molar-refractivity contribution is 7.92. The minimum atomic E-state index is -3.29. The number of hydrogen-bond acceptors (Lipinski definition) is 4. The second-order valence-corrected chi connectivity index (χ2v) is 9.01. The van der Waals surface area contributed by atoms with E-state index in [1.165, 1.54) is 13.8 Å². The van der Waals surface area contributed by atoms with Crippen molar-refractivity contribution in [2.45, 2.75) is 32.4 Å². The van der Waals surface area contributed by atoms with Crippen LogP contribution in [-0.4, -0.2) is 42.9 Å². The molecular weight excluding hydrogens is 270 g/mol. The van der Waals surface area contributed by atoms with Crippen molar-refractivity contribution >= 4 is 21.7 Å². The van der Waals surface area contributed by atoms with E-state index in [0.717, 1.165) is 6.26 Å². The molecule has 0 aliphatic heterocycles. The maximum Gasteiger partial charge on any atom is 0.307 e. The van der Waals surface area contributed by atoms with Crippen LogP contribution in [0.5, 0.6) is 0 Å². The van der Waals surface area contributed by atoms with Crippen molar-refractivity contribution in [2.75, 3.05) is 12.8 Å². The number of rotatable bonds is 5. The fourth-order valence-corrected chi connectivity index (χ4v) is 2.46. The number of carboxylic acids is 1. The molecule has 1 saturated carbocycles. The van der Waals surface area contributed by atoms with Gasteiger partial charge in [-0.3, -0.25) is 9.59 Å². The second-order valence-electron chi connectivity index (χ2n) is 6.36. The van der Waals surface area contributed by atoms with Gasteiger partial charge < -0.3 is 10.4 Å². The van der Waals surface area contributed by atoms with Crippen LogP contribution in [0.2, 0.25) is 0 Å². The molecule has 0 heterocycles. The molecule has 0 aromatic rings. The predicted molar refractivity (Wildman–Crippen MR) is 70.3 cm³/mol.